The Balaban J connectivity index is 2.29. The molecule has 0 spiro atoms. The summed E-state index contributed by atoms with van der Waals surface area (Å²) in [6.07, 6.45) is 1.37. The fourth-order valence-electron chi connectivity index (χ4n) is 1.87. The monoisotopic (exact) mass is 311 g/mol. The molecule has 1 heterocycles. The van der Waals surface area contributed by atoms with E-state index in [-0.39, 0.29) is 6.04 Å². The summed E-state index contributed by atoms with van der Waals surface area (Å²) < 4.78 is 31.0. The maximum absolute atomic E-state index is 11.6. The Labute approximate surface area is 125 Å². The molecule has 2 aromatic rings. The molecule has 2 atom stereocenters. The van der Waals surface area contributed by atoms with E-state index in [0.29, 0.717) is 12.2 Å². The lowest BCUT2D eigenvalue weighted by Gasteiger charge is -2.24. The first-order valence-electron chi connectivity index (χ1n) is 6.39. The lowest BCUT2D eigenvalue weighted by molar-refractivity contribution is 0.545. The Morgan fingerprint density at radius 3 is 2.65 bits per heavy atom. The molecular weight excluding hydrogens is 294 g/mol. The van der Waals surface area contributed by atoms with Gasteiger partial charge in [0.25, 0.3) is 11.3 Å². The smallest absolute Gasteiger partial charge is 0.263 e. The third-order valence-electron chi connectivity index (χ3n) is 3.12. The highest BCUT2D eigenvalue weighted by Gasteiger charge is 2.24. The summed E-state index contributed by atoms with van der Waals surface area (Å²) in [6.45, 7) is 3.88. The van der Waals surface area contributed by atoms with E-state index in [0.717, 1.165) is 29.4 Å². The Kier molecular flexibility index (Phi) is 5.22. The van der Waals surface area contributed by atoms with Crippen molar-refractivity contribution in [2.24, 2.45) is 0 Å². The molecule has 0 radical (unpaired) electrons. The summed E-state index contributed by atoms with van der Waals surface area (Å²) in [5, 5.41) is 0. The molecule has 20 heavy (non-hydrogen) atoms. The van der Waals surface area contributed by atoms with E-state index in [4.69, 9.17) is 0 Å². The number of nitrogens with zero attached hydrogens (tertiary/aromatic N) is 3. The van der Waals surface area contributed by atoms with E-state index in [9.17, 15) is 8.76 Å². The first-order chi connectivity index (χ1) is 9.63. The van der Waals surface area contributed by atoms with Gasteiger partial charge in [0.1, 0.15) is 5.69 Å². The number of benzene rings is 1. The van der Waals surface area contributed by atoms with Crippen molar-refractivity contribution in [3.63, 3.8) is 0 Å². The van der Waals surface area contributed by atoms with Crippen molar-refractivity contribution in [2.75, 3.05) is 4.31 Å². The van der Waals surface area contributed by atoms with Gasteiger partial charge in [0.05, 0.1) is 11.7 Å². The van der Waals surface area contributed by atoms with Gasteiger partial charge in [-0.1, -0.05) is 37.3 Å². The van der Waals surface area contributed by atoms with Gasteiger partial charge < -0.3 is 0 Å². The van der Waals surface area contributed by atoms with E-state index in [2.05, 4.69) is 8.75 Å². The van der Waals surface area contributed by atoms with Crippen LogP contribution in [-0.2, 0) is 17.7 Å². The molecule has 1 aromatic heterocycles. The molecule has 1 aromatic carbocycles. The van der Waals surface area contributed by atoms with Gasteiger partial charge in [-0.15, -0.1) is 0 Å². The summed E-state index contributed by atoms with van der Waals surface area (Å²) in [6, 6.07) is 9.83. The first-order valence-corrected chi connectivity index (χ1v) is 8.18. The average Bonchev–Trinajstić information content (AvgIpc) is 2.87. The number of hydrogen-bond acceptors (Lipinski definition) is 4. The SMILES string of the molecule is CCC(C)N(c1nsnc1Cc1ccccc1)S(=O)O. The van der Waals surface area contributed by atoms with Gasteiger partial charge in [-0.2, -0.15) is 8.75 Å². The van der Waals surface area contributed by atoms with Gasteiger partial charge in [0.2, 0.25) is 0 Å². The van der Waals surface area contributed by atoms with Crippen molar-refractivity contribution in [1.29, 1.82) is 0 Å². The first kappa shape index (κ1) is 15.1. The zero-order chi connectivity index (χ0) is 14.5. The third-order valence-corrected chi connectivity index (χ3v) is 4.54. The van der Waals surface area contributed by atoms with Gasteiger partial charge >= 0.3 is 0 Å². The molecule has 0 aliphatic heterocycles. The molecular formula is C13H17N3O2S2. The molecule has 0 saturated heterocycles. The fraction of sp³-hybridized carbons (Fsp3) is 0.385. The second kappa shape index (κ2) is 6.92. The zero-order valence-electron chi connectivity index (χ0n) is 11.4. The zero-order valence-corrected chi connectivity index (χ0v) is 13.0. The molecule has 0 fully saturated rings. The Morgan fingerprint density at radius 2 is 2.05 bits per heavy atom. The molecule has 108 valence electrons. The molecule has 0 aliphatic rings. The summed E-state index contributed by atoms with van der Waals surface area (Å²) in [5.74, 6) is 0.508. The maximum atomic E-state index is 11.6. The van der Waals surface area contributed by atoms with Crippen molar-refractivity contribution in [3.8, 4) is 0 Å². The normalized spacial score (nSPS) is 13.9. The highest BCUT2D eigenvalue weighted by molar-refractivity contribution is 7.80. The predicted molar refractivity (Wildman–Crippen MR) is 82.2 cm³/mol. The van der Waals surface area contributed by atoms with Crippen LogP contribution in [0.5, 0.6) is 0 Å². The Morgan fingerprint density at radius 1 is 1.35 bits per heavy atom. The van der Waals surface area contributed by atoms with Crippen molar-refractivity contribution in [3.05, 3.63) is 41.6 Å². The third kappa shape index (κ3) is 3.41. The van der Waals surface area contributed by atoms with Crippen LogP contribution >= 0.6 is 11.7 Å². The summed E-state index contributed by atoms with van der Waals surface area (Å²) in [5.41, 5.74) is 1.85. The van der Waals surface area contributed by atoms with Crippen LogP contribution in [0.25, 0.3) is 0 Å². The molecule has 1 N–H and O–H groups in total. The maximum Gasteiger partial charge on any atom is 0.263 e. The van der Waals surface area contributed by atoms with Gasteiger partial charge in [-0.3, -0.25) is 4.55 Å². The molecule has 0 bridgehead atoms. The molecule has 5 nitrogen and oxygen atoms in total. The van der Waals surface area contributed by atoms with Gasteiger partial charge in [-0.05, 0) is 18.9 Å². The van der Waals surface area contributed by atoms with Gasteiger partial charge in [0, 0.05) is 12.5 Å². The van der Waals surface area contributed by atoms with Crippen molar-refractivity contribution < 1.29 is 8.76 Å². The van der Waals surface area contributed by atoms with Gasteiger partial charge in [0.15, 0.2) is 5.82 Å². The Bertz CT molecular complexity index is 574. The highest BCUT2D eigenvalue weighted by Crippen LogP contribution is 2.25. The summed E-state index contributed by atoms with van der Waals surface area (Å²) >= 11 is -1.02. The lowest BCUT2D eigenvalue weighted by Crippen LogP contribution is -2.35. The number of aromatic nitrogens is 2. The minimum atomic E-state index is -2.09. The molecule has 7 heteroatoms. The predicted octanol–water partition coefficient (Wildman–Crippen LogP) is 2.87. The standard InChI is InChI=1S/C13H17N3O2S2/c1-3-10(2)16(20(17)18)13-12(14-19-15-13)9-11-7-5-4-6-8-11/h4-8,10H,3,9H2,1-2H3,(H,17,18). The highest BCUT2D eigenvalue weighted by atomic mass is 32.2. The second-order valence-corrected chi connectivity index (χ2v) is 5.89. The molecule has 2 rings (SSSR count). The van der Waals surface area contributed by atoms with Crippen LogP contribution in [0.1, 0.15) is 31.5 Å². The van der Waals surface area contributed by atoms with Crippen LogP contribution in [0.3, 0.4) is 0 Å². The van der Waals surface area contributed by atoms with Crippen molar-refractivity contribution in [2.45, 2.75) is 32.7 Å². The van der Waals surface area contributed by atoms with Crippen LogP contribution in [0, 0.1) is 0 Å². The Hall–Kier alpha value is -1.31. The van der Waals surface area contributed by atoms with E-state index >= 15 is 0 Å². The minimum Gasteiger partial charge on any atom is -0.289 e. The fourth-order valence-corrected chi connectivity index (χ4v) is 3.23. The average molecular weight is 311 g/mol. The number of hydrogen-bond donors (Lipinski definition) is 1. The van der Waals surface area contributed by atoms with E-state index < -0.39 is 11.3 Å². The number of rotatable bonds is 6. The van der Waals surface area contributed by atoms with Crippen LogP contribution in [-0.4, -0.2) is 23.6 Å². The summed E-state index contributed by atoms with van der Waals surface area (Å²) in [7, 11) is 0. The molecule has 2 unspecified atom stereocenters. The number of anilines is 1. The van der Waals surface area contributed by atoms with E-state index in [1.807, 2.05) is 44.2 Å². The van der Waals surface area contributed by atoms with E-state index in [1.54, 1.807) is 0 Å². The topological polar surface area (TPSA) is 66.3 Å². The van der Waals surface area contributed by atoms with Crippen molar-refractivity contribution >= 4 is 28.8 Å². The van der Waals surface area contributed by atoms with Crippen LogP contribution in [0.4, 0.5) is 5.82 Å². The molecule has 0 amide bonds. The van der Waals surface area contributed by atoms with E-state index in [1.165, 1.54) is 4.31 Å². The van der Waals surface area contributed by atoms with Gasteiger partial charge in [-0.25, -0.2) is 8.51 Å². The van der Waals surface area contributed by atoms with Crippen LogP contribution in [0.15, 0.2) is 30.3 Å². The van der Waals surface area contributed by atoms with Crippen LogP contribution in [0.2, 0.25) is 0 Å². The minimum absolute atomic E-state index is 0.0701. The quantitative estimate of drug-likeness (QED) is 0.833. The second-order valence-electron chi connectivity index (χ2n) is 4.51. The van der Waals surface area contributed by atoms with Crippen LogP contribution < -0.4 is 4.31 Å². The lowest BCUT2D eigenvalue weighted by atomic mass is 10.1. The largest absolute Gasteiger partial charge is 0.289 e. The molecule has 0 aliphatic carbocycles. The molecule has 0 saturated carbocycles. The van der Waals surface area contributed by atoms with Crippen molar-refractivity contribution in [1.82, 2.24) is 8.75 Å². The summed E-state index contributed by atoms with van der Waals surface area (Å²) in [4.78, 5) is 0.